The van der Waals surface area contributed by atoms with Crippen LogP contribution < -0.4 is 56.1 Å². The summed E-state index contributed by atoms with van der Waals surface area (Å²) < 4.78 is 4.65. The molecule has 6 heteroatoms. The van der Waals surface area contributed by atoms with Gasteiger partial charge in [0, 0.05) is 0 Å². The molecule has 66 valence electrons. The van der Waals surface area contributed by atoms with E-state index in [2.05, 4.69) is 4.74 Å². The predicted molar refractivity (Wildman–Crippen MR) is 41.7 cm³/mol. The van der Waals surface area contributed by atoms with E-state index in [4.69, 9.17) is 5.11 Å². The summed E-state index contributed by atoms with van der Waals surface area (Å²) in [6.07, 6.45) is 0. The molecule has 0 heterocycles. The van der Waals surface area contributed by atoms with Crippen molar-refractivity contribution in [2.45, 2.75) is 0 Å². The van der Waals surface area contributed by atoms with Gasteiger partial charge in [-0.15, -0.1) is 0 Å². The second-order valence-corrected chi connectivity index (χ2v) is 2.07. The van der Waals surface area contributed by atoms with Crippen LogP contribution in [0.25, 0.3) is 0 Å². The average molecular weight is 209 g/mol. The van der Waals surface area contributed by atoms with Crippen LogP contribution in [0.1, 0.15) is 1.43 Å². The van der Waals surface area contributed by atoms with Crippen LogP contribution in [0, 0.1) is 10.1 Å². The molecule has 0 aliphatic carbocycles. The summed E-state index contributed by atoms with van der Waals surface area (Å²) in [6.45, 7) is -0.641. The number of nitrogens with zero attached hydrogens (tertiary/aromatic N) is 1. The van der Waals surface area contributed by atoms with Crippen LogP contribution in [0.4, 0.5) is 0 Å². The first-order valence-corrected chi connectivity index (χ1v) is 3.23. The summed E-state index contributed by atoms with van der Waals surface area (Å²) in [5.74, 6) is 0.0218. The molecule has 1 N–H and O–H groups in total. The van der Waals surface area contributed by atoms with Gasteiger partial charge in [-0.25, -0.2) is 0 Å². The number of ether oxygens (including phenoxy) is 1. The van der Waals surface area contributed by atoms with Gasteiger partial charge >= 0.3 is 58.1 Å². The van der Waals surface area contributed by atoms with Gasteiger partial charge < -0.3 is 11.3 Å². The Labute approximate surface area is 119 Å². The Morgan fingerprint density at radius 1 is 1.54 bits per heavy atom. The van der Waals surface area contributed by atoms with Gasteiger partial charge in [-0.3, -0.25) is 10.1 Å². The Morgan fingerprint density at radius 3 is 2.69 bits per heavy atom. The van der Waals surface area contributed by atoms with Crippen LogP contribution in [0.15, 0.2) is 24.3 Å². The minimum atomic E-state index is -0.641. The molecule has 1 rings (SSSR count). The van der Waals surface area contributed by atoms with Gasteiger partial charge in [0.2, 0.25) is 0 Å². The summed E-state index contributed by atoms with van der Waals surface area (Å²) in [5, 5.41) is 19.0. The second kappa shape index (κ2) is 6.33. The van der Waals surface area contributed by atoms with Crippen LogP contribution in [0.2, 0.25) is 0 Å². The van der Waals surface area contributed by atoms with Crippen LogP contribution >= 0.6 is 0 Å². The number of phenolic OH excluding ortho intramolecular Hbond substituents is 1. The van der Waals surface area contributed by atoms with Crippen molar-refractivity contribution >= 4 is 0 Å². The molecule has 5 nitrogen and oxygen atoms in total. The normalized spacial score (nSPS) is 8.62. The number of aromatic hydroxyl groups is 1. The number of benzene rings is 1. The number of para-hydroxylation sites is 2. The first-order valence-electron chi connectivity index (χ1n) is 3.23. The molecule has 0 spiro atoms. The maximum atomic E-state index is 9.88. The molecule has 0 bridgehead atoms. The van der Waals surface area contributed by atoms with E-state index in [0.717, 1.165) is 0 Å². The Morgan fingerprint density at radius 2 is 2.15 bits per heavy atom. The molecule has 1 aromatic rings. The number of rotatable bonds is 3. The van der Waals surface area contributed by atoms with Crippen LogP contribution in [-0.2, 0) is 0 Å². The molecule has 0 amide bonds. The maximum absolute atomic E-state index is 9.88. The van der Waals surface area contributed by atoms with Crippen molar-refractivity contribution in [2.75, 3.05) is 6.73 Å². The van der Waals surface area contributed by atoms with Gasteiger partial charge in [-0.1, -0.05) is 12.1 Å². The van der Waals surface area contributed by atoms with E-state index in [1.54, 1.807) is 12.1 Å². The topological polar surface area (TPSA) is 72.6 Å². The van der Waals surface area contributed by atoms with Gasteiger partial charge in [0.1, 0.15) is 0 Å². The molecule has 13 heavy (non-hydrogen) atoms. The van der Waals surface area contributed by atoms with Crippen molar-refractivity contribution < 1.29 is 67.6 Å². The molecule has 0 radical (unpaired) electrons. The largest absolute Gasteiger partial charge is 1.00 e. The molecule has 0 atom stereocenters. The van der Waals surface area contributed by atoms with Crippen LogP contribution in [0.3, 0.4) is 0 Å². The molecule has 0 aromatic heterocycles. The van der Waals surface area contributed by atoms with E-state index in [0.29, 0.717) is 0 Å². The molecule has 0 fully saturated rings. The molecule has 0 unspecified atom stereocenters. The van der Waals surface area contributed by atoms with Crippen molar-refractivity contribution in [3.05, 3.63) is 34.4 Å². The number of hydrogen-bond acceptors (Lipinski definition) is 4. The van der Waals surface area contributed by atoms with Gasteiger partial charge in [0.05, 0.1) is 4.92 Å². The number of nitro groups is 1. The predicted octanol–water partition coefficient (Wildman–Crippen LogP) is -1.88. The Bertz CT molecular complexity index is 297. The number of phenols is 1. The summed E-state index contributed by atoms with van der Waals surface area (Å²) in [6, 6.07) is 6.08. The molecule has 0 saturated heterocycles. The van der Waals surface area contributed by atoms with Crippen molar-refractivity contribution in [2.24, 2.45) is 0 Å². The number of hydrogen-bond donors (Lipinski definition) is 1. The summed E-state index contributed by atoms with van der Waals surface area (Å²) in [7, 11) is 0. The van der Waals surface area contributed by atoms with Crippen molar-refractivity contribution in [3.8, 4) is 11.5 Å². The zero-order valence-electron chi connectivity index (χ0n) is 8.14. The summed E-state index contributed by atoms with van der Waals surface area (Å²) in [4.78, 5) is 9.26. The summed E-state index contributed by atoms with van der Waals surface area (Å²) >= 11 is 0. The van der Waals surface area contributed by atoms with Gasteiger partial charge in [-0.2, -0.15) is 0 Å². The molecule has 1 aromatic carbocycles. The van der Waals surface area contributed by atoms with Crippen molar-refractivity contribution in [1.82, 2.24) is 0 Å². The SMILES string of the molecule is O=[N+]([O-])COc1ccccc1O.[H-].[K+]. The third-order valence-corrected chi connectivity index (χ3v) is 1.19. The van der Waals surface area contributed by atoms with Crippen LogP contribution in [-0.4, -0.2) is 16.8 Å². The zero-order chi connectivity index (χ0) is 8.97. The summed E-state index contributed by atoms with van der Waals surface area (Å²) in [5.41, 5.74) is 0. The molecular formula is C7H8KNO4. The van der Waals surface area contributed by atoms with E-state index in [-0.39, 0.29) is 64.3 Å². The van der Waals surface area contributed by atoms with Gasteiger partial charge in [0.15, 0.2) is 11.5 Å². The van der Waals surface area contributed by atoms with Crippen molar-refractivity contribution in [3.63, 3.8) is 0 Å². The van der Waals surface area contributed by atoms with E-state index in [1.165, 1.54) is 12.1 Å². The molecule has 0 saturated carbocycles. The van der Waals surface area contributed by atoms with Crippen molar-refractivity contribution in [1.29, 1.82) is 0 Å². The maximum Gasteiger partial charge on any atom is 1.00 e. The first kappa shape index (κ1) is 12.9. The fourth-order valence-electron chi connectivity index (χ4n) is 0.701. The first-order chi connectivity index (χ1) is 5.70. The quantitative estimate of drug-likeness (QED) is 0.274. The Balaban J connectivity index is 0. The third-order valence-electron chi connectivity index (χ3n) is 1.19. The zero-order valence-corrected chi connectivity index (χ0v) is 10.3. The molecular weight excluding hydrogens is 201 g/mol. The Kier molecular flexibility index (Phi) is 6.26. The smallest absolute Gasteiger partial charge is 1.00 e. The minimum Gasteiger partial charge on any atom is -1.00 e. The molecule has 0 aliphatic rings. The average Bonchev–Trinajstić information content (AvgIpc) is 2.03. The minimum absolute atomic E-state index is 0. The van der Waals surface area contributed by atoms with E-state index >= 15 is 0 Å². The monoisotopic (exact) mass is 209 g/mol. The van der Waals surface area contributed by atoms with E-state index in [9.17, 15) is 10.1 Å². The van der Waals surface area contributed by atoms with E-state index in [1.807, 2.05) is 0 Å². The Hall–Kier alpha value is -0.144. The van der Waals surface area contributed by atoms with E-state index < -0.39 is 11.7 Å². The second-order valence-electron chi connectivity index (χ2n) is 2.07. The third kappa shape index (κ3) is 4.58. The van der Waals surface area contributed by atoms with Crippen LogP contribution in [0.5, 0.6) is 11.5 Å². The fraction of sp³-hybridized carbons (Fsp3) is 0.143. The standard InChI is InChI=1S/C7H7NO4.K.H/c9-6-3-1-2-4-7(6)12-5-8(10)11;;/h1-4,9H,5H2;;/q;+1;-1. The fourth-order valence-corrected chi connectivity index (χ4v) is 0.701. The van der Waals surface area contributed by atoms with Gasteiger partial charge in [-0.05, 0) is 12.1 Å². The van der Waals surface area contributed by atoms with Gasteiger partial charge in [0.25, 0.3) is 0 Å². The molecule has 0 aliphatic heterocycles.